The van der Waals surface area contributed by atoms with E-state index in [1.807, 2.05) is 36.4 Å². The lowest BCUT2D eigenvalue weighted by atomic mass is 10.2. The van der Waals surface area contributed by atoms with E-state index >= 15 is 0 Å². The number of hydrogen-bond acceptors (Lipinski definition) is 5. The molecule has 1 amide bonds. The van der Waals surface area contributed by atoms with Gasteiger partial charge in [-0.15, -0.1) is 0 Å². The van der Waals surface area contributed by atoms with Gasteiger partial charge in [0.2, 0.25) is 0 Å². The van der Waals surface area contributed by atoms with Gasteiger partial charge in [-0.05, 0) is 59.8 Å². The van der Waals surface area contributed by atoms with Crippen molar-refractivity contribution in [2.24, 2.45) is 4.99 Å². The first-order valence-electron chi connectivity index (χ1n) is 7.36. The largest absolute Gasteiger partial charge is 0.493 e. The van der Waals surface area contributed by atoms with Gasteiger partial charge in [-0.3, -0.25) is 4.79 Å². The van der Waals surface area contributed by atoms with E-state index in [4.69, 9.17) is 9.47 Å². The number of carbonyl (C=O) groups excluding carboxylic acids is 1. The summed E-state index contributed by atoms with van der Waals surface area (Å²) < 4.78 is 11.5. The highest BCUT2D eigenvalue weighted by Gasteiger charge is 2.23. The maximum absolute atomic E-state index is 12.2. The lowest BCUT2D eigenvalue weighted by molar-refractivity contribution is -0.115. The molecule has 3 rings (SSSR count). The van der Waals surface area contributed by atoms with Gasteiger partial charge in [0.15, 0.2) is 16.7 Å². The van der Waals surface area contributed by atoms with Crippen LogP contribution in [0, 0.1) is 0 Å². The number of benzene rings is 2. The van der Waals surface area contributed by atoms with Gasteiger partial charge in [-0.2, -0.15) is 0 Å². The Kier molecular flexibility index (Phi) is 5.45. The second kappa shape index (κ2) is 7.76. The predicted octanol–water partition coefficient (Wildman–Crippen LogP) is 4.36. The molecule has 25 heavy (non-hydrogen) atoms. The van der Waals surface area contributed by atoms with E-state index in [2.05, 4.69) is 26.2 Å². The van der Waals surface area contributed by atoms with Gasteiger partial charge < -0.3 is 14.8 Å². The van der Waals surface area contributed by atoms with E-state index in [9.17, 15) is 4.79 Å². The molecule has 1 N–H and O–H groups in total. The second-order valence-electron chi connectivity index (χ2n) is 5.07. The zero-order chi connectivity index (χ0) is 17.8. The van der Waals surface area contributed by atoms with E-state index in [0.717, 1.165) is 15.7 Å². The number of aliphatic imine (C=N–C) groups is 1. The first-order chi connectivity index (χ1) is 12.1. The van der Waals surface area contributed by atoms with Crippen molar-refractivity contribution in [1.29, 1.82) is 0 Å². The normalized spacial score (nSPS) is 17.0. The molecule has 1 aliphatic rings. The van der Waals surface area contributed by atoms with Crippen molar-refractivity contribution >= 4 is 50.5 Å². The summed E-state index contributed by atoms with van der Waals surface area (Å²) in [4.78, 5) is 17.2. The van der Waals surface area contributed by atoms with Gasteiger partial charge >= 0.3 is 0 Å². The van der Waals surface area contributed by atoms with Crippen molar-refractivity contribution in [2.45, 2.75) is 0 Å². The van der Waals surface area contributed by atoms with Crippen LogP contribution in [0.25, 0.3) is 6.08 Å². The Morgan fingerprint density at radius 2 is 1.80 bits per heavy atom. The third-order valence-electron chi connectivity index (χ3n) is 3.41. The number of halogens is 1. The third kappa shape index (κ3) is 4.24. The molecule has 1 aliphatic heterocycles. The standard InChI is InChI=1S/C18H15BrN2O3S/c1-23-14-8-3-11(9-15(14)24-2)10-16-17(22)21-18(25-16)20-13-6-4-12(19)5-7-13/h3-10H,1-2H3,(H,20,21,22)/b16-10+. The summed E-state index contributed by atoms with van der Waals surface area (Å²) in [5, 5.41) is 3.33. The van der Waals surface area contributed by atoms with Crippen molar-refractivity contribution in [3.8, 4) is 11.5 Å². The molecule has 2 aromatic rings. The van der Waals surface area contributed by atoms with E-state index < -0.39 is 0 Å². The number of nitrogens with one attached hydrogen (secondary N) is 1. The molecule has 0 aromatic heterocycles. The molecule has 5 nitrogen and oxygen atoms in total. The molecule has 0 spiro atoms. The van der Waals surface area contributed by atoms with Crippen LogP contribution in [0.1, 0.15) is 5.56 Å². The molecule has 0 atom stereocenters. The van der Waals surface area contributed by atoms with Crippen LogP contribution in [0.4, 0.5) is 5.69 Å². The summed E-state index contributed by atoms with van der Waals surface area (Å²) in [6.45, 7) is 0. The molecule has 7 heteroatoms. The first kappa shape index (κ1) is 17.6. The number of methoxy groups -OCH3 is 2. The summed E-state index contributed by atoms with van der Waals surface area (Å²) in [6, 6.07) is 13.1. The van der Waals surface area contributed by atoms with Crippen molar-refractivity contribution in [2.75, 3.05) is 14.2 Å². The molecule has 0 bridgehead atoms. The highest BCUT2D eigenvalue weighted by Crippen LogP contribution is 2.32. The summed E-state index contributed by atoms with van der Waals surface area (Å²) in [5.41, 5.74) is 1.62. The fourth-order valence-electron chi connectivity index (χ4n) is 2.21. The molecular weight excluding hydrogens is 404 g/mol. The van der Waals surface area contributed by atoms with Crippen LogP contribution >= 0.6 is 27.7 Å². The van der Waals surface area contributed by atoms with Gasteiger partial charge in [0.25, 0.3) is 5.91 Å². The van der Waals surface area contributed by atoms with Gasteiger partial charge in [-0.1, -0.05) is 22.0 Å². The molecule has 0 unspecified atom stereocenters. The average Bonchev–Trinajstić information content (AvgIpc) is 2.96. The van der Waals surface area contributed by atoms with Crippen LogP contribution in [0.2, 0.25) is 0 Å². The quantitative estimate of drug-likeness (QED) is 0.749. The molecule has 0 radical (unpaired) electrons. The SMILES string of the molecule is COc1ccc(/C=C2/SC(=Nc3ccc(Br)cc3)NC2=O)cc1OC. The predicted molar refractivity (Wildman–Crippen MR) is 104 cm³/mol. The number of nitrogens with zero attached hydrogens (tertiary/aromatic N) is 1. The lowest BCUT2D eigenvalue weighted by Gasteiger charge is -2.07. The maximum atomic E-state index is 12.2. The minimum atomic E-state index is -0.171. The number of thioether (sulfide) groups is 1. The van der Waals surface area contributed by atoms with Crippen LogP contribution in [0.15, 0.2) is 56.8 Å². The number of amides is 1. The number of rotatable bonds is 4. The van der Waals surface area contributed by atoms with Crippen molar-refractivity contribution < 1.29 is 14.3 Å². The minimum Gasteiger partial charge on any atom is -0.493 e. The Bertz CT molecular complexity index is 863. The Morgan fingerprint density at radius 3 is 2.48 bits per heavy atom. The topological polar surface area (TPSA) is 59.9 Å². The van der Waals surface area contributed by atoms with E-state index in [1.54, 1.807) is 26.4 Å². The number of hydrogen-bond donors (Lipinski definition) is 1. The smallest absolute Gasteiger partial charge is 0.264 e. The average molecular weight is 419 g/mol. The molecule has 2 aromatic carbocycles. The summed E-state index contributed by atoms with van der Waals surface area (Å²) in [6.07, 6.45) is 1.80. The third-order valence-corrected chi connectivity index (χ3v) is 4.85. The highest BCUT2D eigenvalue weighted by atomic mass is 79.9. The molecule has 128 valence electrons. The molecule has 0 saturated carbocycles. The monoisotopic (exact) mass is 418 g/mol. The van der Waals surface area contributed by atoms with Crippen LogP contribution in [0.3, 0.4) is 0 Å². The van der Waals surface area contributed by atoms with Gasteiger partial charge in [0, 0.05) is 4.47 Å². The van der Waals surface area contributed by atoms with Crippen LogP contribution in [-0.2, 0) is 4.79 Å². The van der Waals surface area contributed by atoms with Gasteiger partial charge in [-0.25, -0.2) is 4.99 Å². The van der Waals surface area contributed by atoms with Gasteiger partial charge in [0.1, 0.15) is 0 Å². The number of ether oxygens (including phenoxy) is 2. The zero-order valence-corrected chi connectivity index (χ0v) is 16.0. The van der Waals surface area contributed by atoms with E-state index in [0.29, 0.717) is 21.6 Å². The summed E-state index contributed by atoms with van der Waals surface area (Å²) >= 11 is 4.69. The Morgan fingerprint density at radius 1 is 1.08 bits per heavy atom. The molecular formula is C18H15BrN2O3S. The second-order valence-corrected chi connectivity index (χ2v) is 7.02. The maximum Gasteiger partial charge on any atom is 0.264 e. The Labute approximate surface area is 158 Å². The molecule has 1 heterocycles. The highest BCUT2D eigenvalue weighted by molar-refractivity contribution is 9.10. The minimum absolute atomic E-state index is 0.171. The van der Waals surface area contributed by atoms with Crippen molar-refractivity contribution in [1.82, 2.24) is 5.32 Å². The summed E-state index contributed by atoms with van der Waals surface area (Å²) in [5.74, 6) is 1.09. The Balaban J connectivity index is 1.83. The zero-order valence-electron chi connectivity index (χ0n) is 13.6. The Hall–Kier alpha value is -2.25. The summed E-state index contributed by atoms with van der Waals surface area (Å²) in [7, 11) is 3.16. The van der Waals surface area contributed by atoms with Crippen molar-refractivity contribution in [3.05, 3.63) is 57.4 Å². The fourth-order valence-corrected chi connectivity index (χ4v) is 3.31. The number of amidine groups is 1. The van der Waals surface area contributed by atoms with Crippen molar-refractivity contribution in [3.63, 3.8) is 0 Å². The fraction of sp³-hybridized carbons (Fsp3) is 0.111. The molecule has 0 aliphatic carbocycles. The van der Waals surface area contributed by atoms with E-state index in [-0.39, 0.29) is 5.91 Å². The van der Waals surface area contributed by atoms with E-state index in [1.165, 1.54) is 11.8 Å². The van der Waals surface area contributed by atoms with Crippen LogP contribution in [0.5, 0.6) is 11.5 Å². The molecule has 1 fully saturated rings. The van der Waals surface area contributed by atoms with Crippen LogP contribution < -0.4 is 14.8 Å². The molecule has 1 saturated heterocycles. The number of carbonyl (C=O) groups is 1. The first-order valence-corrected chi connectivity index (χ1v) is 8.97. The van der Waals surface area contributed by atoms with Crippen LogP contribution in [-0.4, -0.2) is 25.3 Å². The van der Waals surface area contributed by atoms with Gasteiger partial charge in [0.05, 0.1) is 24.8 Å². The lowest BCUT2D eigenvalue weighted by Crippen LogP contribution is -2.19.